The molecule has 10 nitrogen and oxygen atoms in total. The Morgan fingerprint density at radius 1 is 0.860 bits per heavy atom. The van der Waals surface area contributed by atoms with Gasteiger partial charge in [-0.25, -0.2) is 4.79 Å². The van der Waals surface area contributed by atoms with Crippen LogP contribution in [0.15, 0.2) is 72.8 Å². The van der Waals surface area contributed by atoms with E-state index in [0.717, 1.165) is 12.1 Å². The van der Waals surface area contributed by atoms with E-state index >= 15 is 0 Å². The Bertz CT molecular complexity index is 1530. The van der Waals surface area contributed by atoms with Gasteiger partial charge in [-0.3, -0.25) is 14.4 Å². The summed E-state index contributed by atoms with van der Waals surface area (Å²) in [5.74, 6) is -1.11. The average Bonchev–Trinajstić information content (AvgIpc) is 3.33. The number of fused-ring (bicyclic) bond motifs is 1. The minimum Gasteiger partial charge on any atom is -0.465 e. The molecule has 0 radical (unpaired) electrons. The minimum absolute atomic E-state index is 0.0651. The van der Waals surface area contributed by atoms with Gasteiger partial charge in [0.15, 0.2) is 0 Å². The molecule has 224 valence electrons. The van der Waals surface area contributed by atoms with Crippen molar-refractivity contribution in [3.63, 3.8) is 0 Å². The molecule has 2 N–H and O–H groups in total. The molecule has 3 aromatic rings. The van der Waals surface area contributed by atoms with Gasteiger partial charge in [0.2, 0.25) is 11.8 Å². The number of hydrogen-bond acceptors (Lipinski definition) is 7. The van der Waals surface area contributed by atoms with Crippen molar-refractivity contribution in [2.45, 2.75) is 12.8 Å². The summed E-state index contributed by atoms with van der Waals surface area (Å²) in [6.45, 7) is 0.701. The van der Waals surface area contributed by atoms with Gasteiger partial charge in [0.1, 0.15) is 6.54 Å². The molecule has 0 spiro atoms. The van der Waals surface area contributed by atoms with Crippen LogP contribution in [0.1, 0.15) is 34.3 Å². The number of amides is 3. The van der Waals surface area contributed by atoms with Crippen molar-refractivity contribution >= 4 is 52.0 Å². The number of likely N-dealkylation sites (N-methyl/N-ethyl adjacent to an activating group) is 1. The van der Waals surface area contributed by atoms with Gasteiger partial charge in [-0.05, 0) is 69.0 Å². The molecule has 0 saturated heterocycles. The maximum atomic E-state index is 13.3. The molecule has 1 aliphatic heterocycles. The molecule has 3 amide bonds. The van der Waals surface area contributed by atoms with E-state index in [1.165, 1.54) is 16.9 Å². The number of nitrogens with zero attached hydrogens (tertiary/aromatic N) is 3. The highest BCUT2D eigenvalue weighted by Crippen LogP contribution is 2.38. The molecule has 4 rings (SSSR count). The molecule has 0 saturated carbocycles. The van der Waals surface area contributed by atoms with Gasteiger partial charge in [-0.1, -0.05) is 36.4 Å². The van der Waals surface area contributed by atoms with Crippen LogP contribution in [0.25, 0.3) is 11.3 Å². The van der Waals surface area contributed by atoms with Crippen LogP contribution in [-0.4, -0.2) is 81.9 Å². The normalized spacial score (nSPS) is 13.2. The summed E-state index contributed by atoms with van der Waals surface area (Å²) in [5, 5.41) is 6.26. The first-order valence-electron chi connectivity index (χ1n) is 13.9. The number of esters is 1. The number of carbonyl (C=O) groups excluding carboxylic acids is 4. The number of methoxy groups -OCH3 is 1. The highest BCUT2D eigenvalue weighted by atomic mass is 16.5. The third-order valence-electron chi connectivity index (χ3n) is 7.04. The van der Waals surface area contributed by atoms with E-state index in [9.17, 15) is 19.2 Å². The quantitative estimate of drug-likeness (QED) is 0.258. The Morgan fingerprint density at radius 2 is 1.56 bits per heavy atom. The maximum Gasteiger partial charge on any atom is 0.337 e. The molecule has 0 aliphatic carbocycles. The van der Waals surface area contributed by atoms with Crippen molar-refractivity contribution in [2.24, 2.45) is 0 Å². The van der Waals surface area contributed by atoms with Gasteiger partial charge in [0.05, 0.1) is 29.6 Å². The number of carbonyl (C=O) groups is 4. The molecular formula is C33H37N5O5. The first-order valence-corrected chi connectivity index (χ1v) is 13.9. The molecule has 1 heterocycles. The van der Waals surface area contributed by atoms with Gasteiger partial charge in [-0.15, -0.1) is 0 Å². The zero-order valence-electron chi connectivity index (χ0n) is 25.1. The molecule has 1 aliphatic rings. The van der Waals surface area contributed by atoms with Crippen LogP contribution in [0.5, 0.6) is 0 Å². The van der Waals surface area contributed by atoms with Crippen molar-refractivity contribution < 1.29 is 23.9 Å². The molecule has 0 bridgehead atoms. The van der Waals surface area contributed by atoms with Crippen molar-refractivity contribution in [2.75, 3.05) is 63.9 Å². The second-order valence-corrected chi connectivity index (χ2v) is 10.7. The van der Waals surface area contributed by atoms with E-state index in [4.69, 9.17) is 4.74 Å². The monoisotopic (exact) mass is 583 g/mol. The molecule has 0 unspecified atom stereocenters. The largest absolute Gasteiger partial charge is 0.465 e. The Morgan fingerprint density at radius 3 is 2.19 bits per heavy atom. The number of ether oxygens (including phenoxy) is 1. The van der Waals surface area contributed by atoms with Crippen LogP contribution in [-0.2, 0) is 19.1 Å². The maximum absolute atomic E-state index is 13.3. The SMILES string of the molecule is COC(=O)c1ccc2c(c1)NC(=O)C2=C(Nc1ccc(N(CC(=O)N(C)C)C(=O)CCCN(C)C)cc1)c1ccccc1. The van der Waals surface area contributed by atoms with E-state index in [1.807, 2.05) is 61.5 Å². The summed E-state index contributed by atoms with van der Waals surface area (Å²) >= 11 is 0. The number of rotatable bonds is 11. The molecule has 10 heteroatoms. The number of nitrogens with one attached hydrogen (secondary N) is 2. The summed E-state index contributed by atoms with van der Waals surface area (Å²) in [6.07, 6.45) is 0.992. The molecule has 0 fully saturated rings. The summed E-state index contributed by atoms with van der Waals surface area (Å²) in [7, 11) is 8.54. The zero-order valence-corrected chi connectivity index (χ0v) is 25.1. The Labute approximate surface area is 251 Å². The highest BCUT2D eigenvalue weighted by molar-refractivity contribution is 6.37. The van der Waals surface area contributed by atoms with Crippen LogP contribution in [0.2, 0.25) is 0 Å². The molecular weight excluding hydrogens is 546 g/mol. The van der Waals surface area contributed by atoms with Crippen molar-refractivity contribution in [3.8, 4) is 0 Å². The number of benzene rings is 3. The van der Waals surface area contributed by atoms with Crippen LogP contribution >= 0.6 is 0 Å². The van der Waals surface area contributed by atoms with E-state index in [2.05, 4.69) is 10.6 Å². The topological polar surface area (TPSA) is 111 Å². The molecule has 43 heavy (non-hydrogen) atoms. The van der Waals surface area contributed by atoms with Crippen molar-refractivity contribution in [1.29, 1.82) is 0 Å². The van der Waals surface area contributed by atoms with Gasteiger partial charge < -0.3 is 30.1 Å². The zero-order chi connectivity index (χ0) is 31.1. The van der Waals surface area contributed by atoms with Crippen LogP contribution < -0.4 is 15.5 Å². The smallest absolute Gasteiger partial charge is 0.337 e. The fourth-order valence-corrected chi connectivity index (χ4v) is 4.70. The van der Waals surface area contributed by atoms with Gasteiger partial charge in [0.25, 0.3) is 5.91 Å². The average molecular weight is 584 g/mol. The lowest BCUT2D eigenvalue weighted by Crippen LogP contribution is -2.40. The molecule has 3 aromatic carbocycles. The number of hydrogen-bond donors (Lipinski definition) is 2. The van der Waals surface area contributed by atoms with E-state index < -0.39 is 5.97 Å². The Kier molecular flexibility index (Phi) is 9.95. The summed E-state index contributed by atoms with van der Waals surface area (Å²) in [6, 6.07) is 21.6. The minimum atomic E-state index is -0.492. The standard InChI is InChI=1S/C33H37N5O5/c1-36(2)19-9-12-28(39)38(21-29(40)37(3)4)25-16-14-24(15-17-25)34-31(22-10-7-6-8-11-22)30-26-18-13-23(33(42)43-5)20-27(26)35-32(30)41/h6-8,10-11,13-18,20,34H,9,12,19,21H2,1-5H3,(H,35,41). The number of anilines is 3. The van der Waals surface area contributed by atoms with E-state index in [1.54, 1.807) is 44.4 Å². The summed E-state index contributed by atoms with van der Waals surface area (Å²) in [5.41, 5.74) is 4.58. The van der Waals surface area contributed by atoms with E-state index in [-0.39, 0.29) is 24.3 Å². The Hall–Kier alpha value is -4.96. The fraction of sp³-hybridized carbons (Fsp3) is 0.273. The second-order valence-electron chi connectivity index (χ2n) is 10.7. The predicted molar refractivity (Wildman–Crippen MR) is 169 cm³/mol. The predicted octanol–water partition coefficient (Wildman–Crippen LogP) is 4.17. The van der Waals surface area contributed by atoms with E-state index in [0.29, 0.717) is 52.3 Å². The summed E-state index contributed by atoms with van der Waals surface area (Å²) in [4.78, 5) is 56.1. The highest BCUT2D eigenvalue weighted by Gasteiger charge is 2.29. The van der Waals surface area contributed by atoms with Crippen molar-refractivity contribution in [3.05, 3.63) is 89.5 Å². The molecule has 0 aromatic heterocycles. The molecule has 0 atom stereocenters. The van der Waals surface area contributed by atoms with Gasteiger partial charge in [-0.2, -0.15) is 0 Å². The lowest BCUT2D eigenvalue weighted by Gasteiger charge is -2.25. The first-order chi connectivity index (χ1) is 20.6. The third kappa shape index (κ3) is 7.47. The summed E-state index contributed by atoms with van der Waals surface area (Å²) < 4.78 is 4.82. The van der Waals surface area contributed by atoms with Crippen LogP contribution in [0.3, 0.4) is 0 Å². The fourth-order valence-electron chi connectivity index (χ4n) is 4.70. The Balaban J connectivity index is 1.68. The lowest BCUT2D eigenvalue weighted by atomic mass is 9.99. The lowest BCUT2D eigenvalue weighted by molar-refractivity contribution is -0.129. The van der Waals surface area contributed by atoms with Gasteiger partial charge in [0, 0.05) is 37.5 Å². The third-order valence-corrected chi connectivity index (χ3v) is 7.04. The van der Waals surface area contributed by atoms with Crippen molar-refractivity contribution in [1.82, 2.24) is 9.80 Å². The van der Waals surface area contributed by atoms with Crippen LogP contribution in [0, 0.1) is 0 Å². The van der Waals surface area contributed by atoms with Crippen LogP contribution in [0.4, 0.5) is 17.1 Å². The van der Waals surface area contributed by atoms with Gasteiger partial charge >= 0.3 is 5.97 Å². The first kappa shape index (κ1) is 31.0. The second kappa shape index (κ2) is 13.8.